The second-order valence-electron chi connectivity index (χ2n) is 3.81. The molecule has 2 rings (SSSR count). The first-order chi connectivity index (χ1) is 8.97. The number of carboxylic acid groups (broad SMARTS) is 1. The first-order valence-electron chi connectivity index (χ1n) is 5.31. The summed E-state index contributed by atoms with van der Waals surface area (Å²) < 4.78 is 3.70. The summed E-state index contributed by atoms with van der Waals surface area (Å²) in [6.45, 7) is 4.38. The zero-order valence-electron chi connectivity index (χ0n) is 9.77. The van der Waals surface area contributed by atoms with Crippen molar-refractivity contribution >= 4 is 60.6 Å². The van der Waals surface area contributed by atoms with Gasteiger partial charge in [0.2, 0.25) is 0 Å². The number of fused-ring (bicyclic) bond motifs is 1. The highest BCUT2D eigenvalue weighted by atomic mass is 79.9. The monoisotopic (exact) mass is 404 g/mol. The van der Waals surface area contributed by atoms with Crippen LogP contribution >= 0.6 is 43.6 Å². The molecule has 1 heterocycles. The number of imidazole rings is 1. The van der Waals surface area contributed by atoms with Gasteiger partial charge in [-0.1, -0.05) is 50.2 Å². The van der Waals surface area contributed by atoms with Crippen LogP contribution in [0.4, 0.5) is 0 Å². The predicted molar refractivity (Wildman–Crippen MR) is 83.9 cm³/mol. The number of hydrogen-bond acceptors (Lipinski definition) is 3. The van der Waals surface area contributed by atoms with Crippen molar-refractivity contribution in [2.75, 3.05) is 5.75 Å². The lowest BCUT2D eigenvalue weighted by Crippen LogP contribution is -2.03. The molecule has 0 radical (unpaired) electrons. The summed E-state index contributed by atoms with van der Waals surface area (Å²) in [5.74, 6) is -0.873. The van der Waals surface area contributed by atoms with Crippen molar-refractivity contribution < 1.29 is 9.90 Å². The number of benzene rings is 1. The van der Waals surface area contributed by atoms with Crippen LogP contribution in [0.15, 0.2) is 38.9 Å². The molecule has 19 heavy (non-hydrogen) atoms. The quantitative estimate of drug-likeness (QED) is 0.766. The number of halogens is 2. The molecular weight excluding hydrogens is 396 g/mol. The standard InChI is InChI=1S/C12H10Br2N2O2S/c1-7(13)5-16-10-3-2-8(14)4-9(10)15-12(16)19-6-11(17)18/h2-4H,1,5-6H2,(H,17,18). The first-order valence-corrected chi connectivity index (χ1v) is 7.88. The zero-order valence-corrected chi connectivity index (χ0v) is 13.8. The lowest BCUT2D eigenvalue weighted by Gasteiger charge is -2.06. The Kier molecular flexibility index (Phi) is 4.70. The number of rotatable bonds is 5. The number of thioether (sulfide) groups is 1. The number of allylic oxidation sites excluding steroid dienone is 1. The summed E-state index contributed by atoms with van der Waals surface area (Å²) in [5, 5.41) is 9.45. The normalized spacial score (nSPS) is 10.8. The van der Waals surface area contributed by atoms with E-state index in [4.69, 9.17) is 5.11 Å². The molecule has 0 saturated carbocycles. The maximum atomic E-state index is 10.7. The molecule has 0 amide bonds. The molecule has 0 aliphatic carbocycles. The van der Waals surface area contributed by atoms with Gasteiger partial charge in [0.05, 0.1) is 23.3 Å². The van der Waals surface area contributed by atoms with Crippen LogP contribution in [-0.2, 0) is 11.3 Å². The van der Waals surface area contributed by atoms with Gasteiger partial charge in [0, 0.05) is 8.96 Å². The van der Waals surface area contributed by atoms with Crippen LogP contribution in [0.1, 0.15) is 0 Å². The van der Waals surface area contributed by atoms with Gasteiger partial charge in [-0.2, -0.15) is 0 Å². The molecule has 7 heteroatoms. The Labute approximate surface area is 131 Å². The molecule has 0 spiro atoms. The number of aliphatic carboxylic acids is 1. The van der Waals surface area contributed by atoms with Crippen LogP contribution in [0.3, 0.4) is 0 Å². The van der Waals surface area contributed by atoms with Crippen molar-refractivity contribution in [2.45, 2.75) is 11.7 Å². The van der Waals surface area contributed by atoms with Crippen LogP contribution in [0.5, 0.6) is 0 Å². The molecule has 0 bridgehead atoms. The molecule has 0 unspecified atom stereocenters. The van der Waals surface area contributed by atoms with E-state index in [9.17, 15) is 4.79 Å². The smallest absolute Gasteiger partial charge is 0.313 e. The van der Waals surface area contributed by atoms with E-state index in [0.717, 1.165) is 20.0 Å². The van der Waals surface area contributed by atoms with E-state index >= 15 is 0 Å². The maximum absolute atomic E-state index is 10.7. The molecule has 0 fully saturated rings. The summed E-state index contributed by atoms with van der Waals surface area (Å²) in [6.07, 6.45) is 0. The molecule has 0 aliphatic heterocycles. The Morgan fingerprint density at radius 3 is 2.89 bits per heavy atom. The fourth-order valence-corrected chi connectivity index (χ4v) is 2.98. The summed E-state index contributed by atoms with van der Waals surface area (Å²) in [4.78, 5) is 15.2. The SMILES string of the molecule is C=C(Br)Cn1c(SCC(=O)O)nc2cc(Br)ccc21. The lowest BCUT2D eigenvalue weighted by molar-refractivity contribution is -0.133. The fourth-order valence-electron chi connectivity index (χ4n) is 1.64. The number of carbonyl (C=O) groups is 1. The molecular formula is C12H10Br2N2O2S. The largest absolute Gasteiger partial charge is 0.481 e. The Bertz CT molecular complexity index is 654. The van der Waals surface area contributed by atoms with Crippen LogP contribution in [-0.4, -0.2) is 26.4 Å². The average molecular weight is 406 g/mol. The molecule has 1 aromatic carbocycles. The summed E-state index contributed by atoms with van der Waals surface area (Å²) in [5.41, 5.74) is 1.78. The Morgan fingerprint density at radius 1 is 1.53 bits per heavy atom. The number of carboxylic acids is 1. The van der Waals surface area contributed by atoms with E-state index in [-0.39, 0.29) is 5.75 Å². The molecule has 0 saturated heterocycles. The van der Waals surface area contributed by atoms with Gasteiger partial charge in [-0.15, -0.1) is 0 Å². The van der Waals surface area contributed by atoms with Crippen molar-refractivity contribution in [3.05, 3.63) is 33.7 Å². The van der Waals surface area contributed by atoms with Crippen molar-refractivity contribution in [3.8, 4) is 0 Å². The number of nitrogens with zero attached hydrogens (tertiary/aromatic N) is 2. The highest BCUT2D eigenvalue weighted by Gasteiger charge is 2.13. The lowest BCUT2D eigenvalue weighted by atomic mass is 10.3. The van der Waals surface area contributed by atoms with Crippen molar-refractivity contribution in [2.24, 2.45) is 0 Å². The summed E-state index contributed by atoms with van der Waals surface area (Å²) in [7, 11) is 0. The molecule has 1 aromatic heterocycles. The van der Waals surface area contributed by atoms with E-state index in [2.05, 4.69) is 43.4 Å². The molecule has 2 aromatic rings. The number of aromatic nitrogens is 2. The van der Waals surface area contributed by atoms with Gasteiger partial charge < -0.3 is 9.67 Å². The molecule has 4 nitrogen and oxygen atoms in total. The molecule has 0 atom stereocenters. The van der Waals surface area contributed by atoms with E-state index in [1.807, 2.05) is 22.8 Å². The third-order valence-electron chi connectivity index (χ3n) is 2.33. The van der Waals surface area contributed by atoms with E-state index in [1.54, 1.807) is 0 Å². The zero-order chi connectivity index (χ0) is 14.0. The number of hydrogen-bond donors (Lipinski definition) is 1. The minimum atomic E-state index is -0.859. The first kappa shape index (κ1) is 14.6. The van der Waals surface area contributed by atoms with Gasteiger partial charge in [0.1, 0.15) is 0 Å². The average Bonchev–Trinajstić information content (AvgIpc) is 2.63. The molecule has 1 N–H and O–H groups in total. The van der Waals surface area contributed by atoms with Crippen molar-refractivity contribution in [3.63, 3.8) is 0 Å². The van der Waals surface area contributed by atoms with Crippen LogP contribution in [0, 0.1) is 0 Å². The van der Waals surface area contributed by atoms with Gasteiger partial charge in [-0.05, 0) is 18.2 Å². The highest BCUT2D eigenvalue weighted by Crippen LogP contribution is 2.27. The van der Waals surface area contributed by atoms with E-state index in [0.29, 0.717) is 11.7 Å². The third-order valence-corrected chi connectivity index (χ3v) is 4.03. The van der Waals surface area contributed by atoms with E-state index in [1.165, 1.54) is 11.8 Å². The Balaban J connectivity index is 2.47. The summed E-state index contributed by atoms with van der Waals surface area (Å²) in [6, 6.07) is 5.80. The van der Waals surface area contributed by atoms with Gasteiger partial charge in [-0.3, -0.25) is 4.79 Å². The van der Waals surface area contributed by atoms with Crippen molar-refractivity contribution in [1.82, 2.24) is 9.55 Å². The van der Waals surface area contributed by atoms with Gasteiger partial charge in [-0.25, -0.2) is 4.98 Å². The van der Waals surface area contributed by atoms with Crippen LogP contribution in [0.25, 0.3) is 11.0 Å². The van der Waals surface area contributed by atoms with E-state index < -0.39 is 5.97 Å². The van der Waals surface area contributed by atoms with Gasteiger partial charge in [0.15, 0.2) is 5.16 Å². The van der Waals surface area contributed by atoms with Crippen molar-refractivity contribution in [1.29, 1.82) is 0 Å². The molecule has 0 aliphatic rings. The fraction of sp³-hybridized carbons (Fsp3) is 0.167. The minimum Gasteiger partial charge on any atom is -0.481 e. The third kappa shape index (κ3) is 3.61. The Morgan fingerprint density at radius 2 is 2.26 bits per heavy atom. The summed E-state index contributed by atoms with van der Waals surface area (Å²) >= 11 is 7.94. The van der Waals surface area contributed by atoms with Crippen LogP contribution < -0.4 is 0 Å². The minimum absolute atomic E-state index is 0.0146. The highest BCUT2D eigenvalue weighted by molar-refractivity contribution is 9.11. The second kappa shape index (κ2) is 6.11. The topological polar surface area (TPSA) is 55.1 Å². The maximum Gasteiger partial charge on any atom is 0.313 e. The van der Waals surface area contributed by atoms with Gasteiger partial charge in [0.25, 0.3) is 0 Å². The van der Waals surface area contributed by atoms with Gasteiger partial charge >= 0.3 is 5.97 Å². The molecule has 100 valence electrons. The Hall–Kier alpha value is -0.790. The predicted octanol–water partition coefficient (Wildman–Crippen LogP) is 3.88. The second-order valence-corrected chi connectivity index (χ2v) is 6.79. The van der Waals surface area contributed by atoms with Crippen LogP contribution in [0.2, 0.25) is 0 Å².